The Morgan fingerprint density at radius 3 is 2.90 bits per heavy atom. The van der Waals surface area contributed by atoms with Crippen LogP contribution in [0.1, 0.15) is 43.0 Å². The van der Waals surface area contributed by atoms with Gasteiger partial charge in [0.1, 0.15) is 5.56 Å². The van der Waals surface area contributed by atoms with Crippen LogP contribution in [0, 0.1) is 5.92 Å². The molecule has 0 aliphatic carbocycles. The molecule has 0 bridgehead atoms. The maximum absolute atomic E-state index is 12.5. The number of hydrogen-bond donors (Lipinski definition) is 2. The zero-order valence-corrected chi connectivity index (χ0v) is 12.2. The molecule has 1 fully saturated rings. The van der Waals surface area contributed by atoms with Gasteiger partial charge in [0.15, 0.2) is 5.03 Å². The topological polar surface area (TPSA) is 103 Å². The minimum Gasteiger partial charge on any atom is -0.478 e. The van der Waals surface area contributed by atoms with E-state index in [1.54, 1.807) is 0 Å². The van der Waals surface area contributed by atoms with E-state index >= 15 is 0 Å². The molecule has 2 rings (SSSR count). The summed E-state index contributed by atoms with van der Waals surface area (Å²) in [5.74, 6) is -0.755. The van der Waals surface area contributed by atoms with E-state index in [1.165, 1.54) is 4.31 Å². The fourth-order valence-electron chi connectivity index (χ4n) is 2.54. The van der Waals surface area contributed by atoms with Crippen LogP contribution in [-0.2, 0) is 10.0 Å². The van der Waals surface area contributed by atoms with E-state index < -0.39 is 16.0 Å². The molecule has 1 unspecified atom stereocenters. The molecule has 20 heavy (non-hydrogen) atoms. The van der Waals surface area contributed by atoms with Gasteiger partial charge in [-0.05, 0) is 25.2 Å². The maximum Gasteiger partial charge on any atom is 0.340 e. The smallest absolute Gasteiger partial charge is 0.340 e. The first-order valence-corrected chi connectivity index (χ1v) is 8.17. The van der Waals surface area contributed by atoms with Crippen LogP contribution in [0.25, 0.3) is 0 Å². The van der Waals surface area contributed by atoms with Crippen molar-refractivity contribution in [3.8, 4) is 0 Å². The highest BCUT2D eigenvalue weighted by Gasteiger charge is 2.32. The van der Waals surface area contributed by atoms with Gasteiger partial charge in [0, 0.05) is 13.1 Å². The third kappa shape index (κ3) is 2.85. The van der Waals surface area contributed by atoms with Crippen LogP contribution in [0.15, 0.2) is 11.2 Å². The first kappa shape index (κ1) is 15.0. The Labute approximate surface area is 118 Å². The number of hydrogen-bond acceptors (Lipinski definition) is 4. The second-order valence-electron chi connectivity index (χ2n) is 5.03. The van der Waals surface area contributed by atoms with Crippen molar-refractivity contribution >= 4 is 16.0 Å². The number of carboxylic acids is 1. The molecule has 0 saturated carbocycles. The van der Waals surface area contributed by atoms with Gasteiger partial charge in [-0.3, -0.25) is 5.10 Å². The van der Waals surface area contributed by atoms with E-state index in [4.69, 9.17) is 5.11 Å². The van der Waals surface area contributed by atoms with Crippen LogP contribution in [0.2, 0.25) is 0 Å². The van der Waals surface area contributed by atoms with Crippen molar-refractivity contribution in [2.75, 3.05) is 13.1 Å². The van der Waals surface area contributed by atoms with Crippen LogP contribution in [-0.4, -0.2) is 47.1 Å². The molecule has 7 nitrogen and oxygen atoms in total. The van der Waals surface area contributed by atoms with E-state index in [1.807, 2.05) is 0 Å². The van der Waals surface area contributed by atoms with Gasteiger partial charge in [-0.1, -0.05) is 13.3 Å². The number of sulfonamides is 1. The van der Waals surface area contributed by atoms with Gasteiger partial charge in [0.2, 0.25) is 0 Å². The Bertz CT molecular complexity index is 581. The van der Waals surface area contributed by atoms with Gasteiger partial charge >= 0.3 is 5.97 Å². The number of carboxylic acid groups (broad SMARTS) is 1. The summed E-state index contributed by atoms with van der Waals surface area (Å²) in [5, 5.41) is 14.5. The van der Waals surface area contributed by atoms with E-state index in [9.17, 15) is 13.2 Å². The fourth-order valence-corrected chi connectivity index (χ4v) is 4.10. The Hall–Kier alpha value is -1.41. The summed E-state index contributed by atoms with van der Waals surface area (Å²) in [4.78, 5) is 11.0. The normalized spacial score (nSPS) is 21.6. The third-order valence-electron chi connectivity index (χ3n) is 3.82. The summed E-state index contributed by atoms with van der Waals surface area (Å²) in [7, 11) is -3.81. The lowest BCUT2D eigenvalue weighted by Gasteiger charge is -2.19. The van der Waals surface area contributed by atoms with Crippen molar-refractivity contribution in [3.63, 3.8) is 0 Å². The zero-order valence-electron chi connectivity index (χ0n) is 11.4. The summed E-state index contributed by atoms with van der Waals surface area (Å²) >= 11 is 0. The minimum absolute atomic E-state index is 0.304. The minimum atomic E-state index is -3.81. The SMILES string of the molecule is CCC1CCCN(S(=O)(=O)c2[nH]ncc2C(=O)O)CC1. The molecule has 0 aromatic carbocycles. The van der Waals surface area contributed by atoms with Crippen molar-refractivity contribution in [2.45, 2.75) is 37.6 Å². The van der Waals surface area contributed by atoms with Crippen LogP contribution < -0.4 is 0 Å². The van der Waals surface area contributed by atoms with E-state index in [0.29, 0.717) is 19.0 Å². The van der Waals surface area contributed by atoms with Crippen molar-refractivity contribution in [2.24, 2.45) is 5.92 Å². The Morgan fingerprint density at radius 1 is 1.50 bits per heavy atom. The molecule has 1 aliphatic heterocycles. The van der Waals surface area contributed by atoms with Gasteiger partial charge in [0.05, 0.1) is 6.20 Å². The number of carbonyl (C=O) groups is 1. The molecule has 0 spiro atoms. The summed E-state index contributed by atoms with van der Waals surface area (Å²) in [5.41, 5.74) is -0.304. The molecule has 112 valence electrons. The average Bonchev–Trinajstić information content (AvgIpc) is 2.78. The highest BCUT2D eigenvalue weighted by atomic mass is 32.2. The number of aromatic carboxylic acids is 1. The lowest BCUT2D eigenvalue weighted by molar-refractivity contribution is 0.0692. The Morgan fingerprint density at radius 2 is 2.25 bits per heavy atom. The number of nitrogens with zero attached hydrogens (tertiary/aromatic N) is 2. The van der Waals surface area contributed by atoms with Gasteiger partial charge in [0.25, 0.3) is 10.0 Å². The molecular formula is C12H19N3O4S. The quantitative estimate of drug-likeness (QED) is 0.872. The number of rotatable bonds is 4. The van der Waals surface area contributed by atoms with Gasteiger partial charge < -0.3 is 5.11 Å². The van der Waals surface area contributed by atoms with Crippen LogP contribution >= 0.6 is 0 Å². The van der Waals surface area contributed by atoms with Crippen molar-refractivity contribution < 1.29 is 18.3 Å². The predicted molar refractivity (Wildman–Crippen MR) is 71.9 cm³/mol. The third-order valence-corrected chi connectivity index (χ3v) is 5.69. The second kappa shape index (κ2) is 5.92. The average molecular weight is 301 g/mol. The highest BCUT2D eigenvalue weighted by molar-refractivity contribution is 7.89. The van der Waals surface area contributed by atoms with Crippen molar-refractivity contribution in [3.05, 3.63) is 11.8 Å². The molecule has 1 aromatic rings. The van der Waals surface area contributed by atoms with Crippen LogP contribution in [0.4, 0.5) is 0 Å². The van der Waals surface area contributed by atoms with Gasteiger partial charge in [-0.15, -0.1) is 0 Å². The molecule has 8 heteroatoms. The number of aromatic amines is 1. The number of nitrogens with one attached hydrogen (secondary N) is 1. The summed E-state index contributed by atoms with van der Waals surface area (Å²) < 4.78 is 26.4. The molecule has 1 aromatic heterocycles. The van der Waals surface area contributed by atoms with Crippen molar-refractivity contribution in [1.82, 2.24) is 14.5 Å². The molecule has 2 N–H and O–H groups in total. The van der Waals surface area contributed by atoms with Gasteiger partial charge in [-0.2, -0.15) is 9.40 Å². The molecule has 2 heterocycles. The monoisotopic (exact) mass is 301 g/mol. The number of H-pyrrole nitrogens is 1. The maximum atomic E-state index is 12.5. The van der Waals surface area contributed by atoms with E-state index in [-0.39, 0.29) is 10.6 Å². The molecule has 1 atom stereocenters. The molecule has 1 saturated heterocycles. The predicted octanol–water partition coefficient (Wildman–Crippen LogP) is 1.31. The highest BCUT2D eigenvalue weighted by Crippen LogP contribution is 2.25. The van der Waals surface area contributed by atoms with Crippen molar-refractivity contribution in [1.29, 1.82) is 0 Å². The molecular weight excluding hydrogens is 282 g/mol. The number of aromatic nitrogens is 2. The lowest BCUT2D eigenvalue weighted by Crippen LogP contribution is -2.33. The van der Waals surface area contributed by atoms with Crippen LogP contribution in [0.5, 0.6) is 0 Å². The Balaban J connectivity index is 2.26. The molecule has 1 aliphatic rings. The van der Waals surface area contributed by atoms with E-state index in [0.717, 1.165) is 31.9 Å². The first-order chi connectivity index (χ1) is 9.46. The summed E-state index contributed by atoms with van der Waals surface area (Å²) in [6, 6.07) is 0. The zero-order chi connectivity index (χ0) is 14.8. The molecule has 0 amide bonds. The first-order valence-electron chi connectivity index (χ1n) is 6.73. The standard InChI is InChI=1S/C12H19N3O4S/c1-2-9-4-3-6-15(7-5-9)20(18,19)11-10(12(16)17)8-13-14-11/h8-9H,2-7H2,1H3,(H,13,14)(H,16,17). The summed E-state index contributed by atoms with van der Waals surface area (Å²) in [6.07, 6.45) is 4.69. The van der Waals surface area contributed by atoms with Gasteiger partial charge in [-0.25, -0.2) is 13.2 Å². The summed E-state index contributed by atoms with van der Waals surface area (Å²) in [6.45, 7) is 2.96. The Kier molecular flexibility index (Phi) is 4.44. The second-order valence-corrected chi connectivity index (χ2v) is 6.90. The van der Waals surface area contributed by atoms with E-state index in [2.05, 4.69) is 17.1 Å². The fraction of sp³-hybridized carbons (Fsp3) is 0.667. The molecule has 0 radical (unpaired) electrons. The van der Waals surface area contributed by atoms with Crippen LogP contribution in [0.3, 0.4) is 0 Å². The largest absolute Gasteiger partial charge is 0.478 e. The lowest BCUT2D eigenvalue weighted by atomic mass is 9.98.